The molecule has 1 aromatic rings. The van der Waals surface area contributed by atoms with Gasteiger partial charge in [0.15, 0.2) is 11.5 Å². The third kappa shape index (κ3) is 15.8. The summed E-state index contributed by atoms with van der Waals surface area (Å²) in [6, 6.07) is 6.43. The van der Waals surface area contributed by atoms with Gasteiger partial charge in [-0.15, -0.1) is 0 Å². The maximum atomic E-state index is 6.18. The number of hydrogen-bond acceptors (Lipinski definition) is 8. The number of benzene rings is 1. The van der Waals surface area contributed by atoms with Gasteiger partial charge in [-0.1, -0.05) is 26.8 Å². The fourth-order valence-corrected chi connectivity index (χ4v) is 7.04. The van der Waals surface area contributed by atoms with Crippen LogP contribution in [-0.2, 0) is 5.41 Å². The summed E-state index contributed by atoms with van der Waals surface area (Å²) in [4.78, 5) is 0. The Hall–Kier alpha value is 0.920. The predicted molar refractivity (Wildman–Crippen MR) is 162 cm³/mol. The van der Waals surface area contributed by atoms with Gasteiger partial charge in [0.25, 0.3) is 0 Å². The van der Waals surface area contributed by atoms with Gasteiger partial charge in [0, 0.05) is 34.5 Å². The summed E-state index contributed by atoms with van der Waals surface area (Å²) in [5.74, 6) is 13.1. The first-order chi connectivity index (χ1) is 15.5. The monoisotopic (exact) mass is 554 g/mol. The molecule has 0 N–H and O–H groups in total. The summed E-state index contributed by atoms with van der Waals surface area (Å²) < 4.78 is 12.3. The lowest BCUT2D eigenvalue weighted by Gasteiger charge is -2.21. The Morgan fingerprint density at radius 2 is 1.12 bits per heavy atom. The summed E-state index contributed by atoms with van der Waals surface area (Å²) in [5, 5.41) is 0. The Balaban J connectivity index is 2.37. The molecule has 0 radical (unpaired) electrons. The molecule has 0 aromatic heterocycles. The van der Waals surface area contributed by atoms with Crippen molar-refractivity contribution in [2.45, 2.75) is 39.0 Å². The van der Waals surface area contributed by atoms with Crippen molar-refractivity contribution < 1.29 is 9.47 Å². The van der Waals surface area contributed by atoms with Crippen LogP contribution in [0.15, 0.2) is 18.2 Å². The fourth-order valence-electron chi connectivity index (χ4n) is 2.67. The van der Waals surface area contributed by atoms with E-state index in [-0.39, 0.29) is 5.41 Å². The van der Waals surface area contributed by atoms with E-state index in [1.807, 2.05) is 47.0 Å². The third-order valence-electron chi connectivity index (χ3n) is 4.41. The van der Waals surface area contributed by atoms with Crippen LogP contribution in [0.3, 0.4) is 0 Å². The lowest BCUT2D eigenvalue weighted by Crippen LogP contribution is -2.12. The highest BCUT2D eigenvalue weighted by atomic mass is 32.2. The predicted octanol–water partition coefficient (Wildman–Crippen LogP) is 7.31. The van der Waals surface area contributed by atoms with Gasteiger partial charge < -0.3 is 9.47 Å². The minimum absolute atomic E-state index is 0.0960. The van der Waals surface area contributed by atoms with Crippen molar-refractivity contribution in [3.05, 3.63) is 23.8 Å². The standard InChI is InChI=1S/C24H42O2S6/c1-24(2,3)21-6-7-22(25-8-4-12-29-16-18-31-14-10-27)23(20-21)26-9-5-13-30-17-19-32-15-11-28/h6-7,20,27-28H,4-5,8-19H2,1-3H3. The summed E-state index contributed by atoms with van der Waals surface area (Å²) in [6.45, 7) is 8.19. The summed E-state index contributed by atoms with van der Waals surface area (Å²) in [5.41, 5.74) is 1.38. The van der Waals surface area contributed by atoms with Crippen LogP contribution in [0.2, 0.25) is 0 Å². The van der Waals surface area contributed by atoms with E-state index in [0.717, 1.165) is 72.1 Å². The average Bonchev–Trinajstić information content (AvgIpc) is 2.76. The number of rotatable bonds is 20. The molecule has 0 saturated carbocycles. The molecule has 32 heavy (non-hydrogen) atoms. The van der Waals surface area contributed by atoms with Crippen molar-refractivity contribution in [3.8, 4) is 11.5 Å². The SMILES string of the molecule is CC(C)(C)c1ccc(OCCCSCCSCCS)c(OCCCSCCSCCS)c1. The Bertz CT molecular complexity index is 580. The third-order valence-corrected chi connectivity index (χ3v) is 10.1. The molecule has 0 fully saturated rings. The van der Waals surface area contributed by atoms with Crippen molar-refractivity contribution in [3.63, 3.8) is 0 Å². The summed E-state index contributed by atoms with van der Waals surface area (Å²) in [6.07, 6.45) is 2.12. The van der Waals surface area contributed by atoms with E-state index in [9.17, 15) is 0 Å². The van der Waals surface area contributed by atoms with Crippen molar-refractivity contribution in [1.29, 1.82) is 0 Å². The zero-order valence-corrected chi connectivity index (χ0v) is 25.0. The molecule has 0 spiro atoms. The molecule has 0 bridgehead atoms. The quantitative estimate of drug-likeness (QED) is 0.129. The average molecular weight is 555 g/mol. The molecule has 1 rings (SSSR count). The minimum atomic E-state index is 0.0960. The highest BCUT2D eigenvalue weighted by Crippen LogP contribution is 2.33. The zero-order chi connectivity index (χ0) is 23.5. The second-order valence-electron chi connectivity index (χ2n) is 8.21. The zero-order valence-electron chi connectivity index (χ0n) is 20.0. The van der Waals surface area contributed by atoms with Gasteiger partial charge in [-0.3, -0.25) is 0 Å². The van der Waals surface area contributed by atoms with E-state index in [1.165, 1.54) is 28.6 Å². The number of thioether (sulfide) groups is 4. The largest absolute Gasteiger partial charge is 0.490 e. The van der Waals surface area contributed by atoms with E-state index in [0.29, 0.717) is 0 Å². The molecule has 0 heterocycles. The van der Waals surface area contributed by atoms with Crippen LogP contribution in [0.4, 0.5) is 0 Å². The van der Waals surface area contributed by atoms with Gasteiger partial charge in [-0.05, 0) is 59.0 Å². The van der Waals surface area contributed by atoms with Crippen molar-refractivity contribution in [1.82, 2.24) is 0 Å². The highest BCUT2D eigenvalue weighted by molar-refractivity contribution is 8.03. The van der Waals surface area contributed by atoms with Gasteiger partial charge in [0.1, 0.15) is 0 Å². The molecule has 0 aliphatic heterocycles. The normalized spacial score (nSPS) is 11.7. The first kappa shape index (κ1) is 31.0. The molecule has 8 heteroatoms. The van der Waals surface area contributed by atoms with E-state index >= 15 is 0 Å². The molecule has 2 nitrogen and oxygen atoms in total. The van der Waals surface area contributed by atoms with Gasteiger partial charge >= 0.3 is 0 Å². The van der Waals surface area contributed by atoms with Crippen LogP contribution >= 0.6 is 72.3 Å². The fraction of sp³-hybridized carbons (Fsp3) is 0.750. The second-order valence-corrected chi connectivity index (χ2v) is 14.0. The Labute approximate surface area is 225 Å². The minimum Gasteiger partial charge on any atom is -0.490 e. The number of hydrogen-bond donors (Lipinski definition) is 2. The first-order valence-electron chi connectivity index (χ1n) is 11.4. The molecule has 0 atom stereocenters. The van der Waals surface area contributed by atoms with Gasteiger partial charge in [0.2, 0.25) is 0 Å². The van der Waals surface area contributed by atoms with E-state index in [4.69, 9.17) is 9.47 Å². The lowest BCUT2D eigenvalue weighted by atomic mass is 9.87. The topological polar surface area (TPSA) is 18.5 Å². The first-order valence-corrected chi connectivity index (χ1v) is 17.3. The van der Waals surface area contributed by atoms with E-state index < -0.39 is 0 Å². The molecule has 0 unspecified atom stereocenters. The molecule has 0 saturated heterocycles. The van der Waals surface area contributed by atoms with E-state index in [1.54, 1.807) is 0 Å². The van der Waals surface area contributed by atoms with E-state index in [2.05, 4.69) is 64.2 Å². The van der Waals surface area contributed by atoms with Gasteiger partial charge in [-0.25, -0.2) is 0 Å². The van der Waals surface area contributed by atoms with Crippen LogP contribution in [0.5, 0.6) is 11.5 Å². The summed E-state index contributed by atoms with van der Waals surface area (Å²) >= 11 is 16.5. The molecule has 0 aliphatic carbocycles. The second kappa shape index (κ2) is 20.1. The van der Waals surface area contributed by atoms with Crippen molar-refractivity contribution >= 4 is 72.3 Å². The molecule has 186 valence electrons. The van der Waals surface area contributed by atoms with Crippen LogP contribution in [0.1, 0.15) is 39.2 Å². The molecule has 0 aliphatic rings. The van der Waals surface area contributed by atoms with Crippen molar-refractivity contribution in [2.75, 3.05) is 70.7 Å². The highest BCUT2D eigenvalue weighted by Gasteiger charge is 2.17. The molecule has 1 aromatic carbocycles. The van der Waals surface area contributed by atoms with Crippen LogP contribution < -0.4 is 9.47 Å². The Kier molecular flexibility index (Phi) is 19.5. The smallest absolute Gasteiger partial charge is 0.161 e. The Morgan fingerprint density at radius 3 is 1.59 bits per heavy atom. The van der Waals surface area contributed by atoms with Crippen molar-refractivity contribution in [2.24, 2.45) is 0 Å². The number of ether oxygens (including phenoxy) is 2. The van der Waals surface area contributed by atoms with Gasteiger partial charge in [-0.2, -0.15) is 72.3 Å². The maximum absolute atomic E-state index is 6.18. The molecule has 0 amide bonds. The van der Waals surface area contributed by atoms with Crippen LogP contribution in [0, 0.1) is 0 Å². The van der Waals surface area contributed by atoms with Gasteiger partial charge in [0.05, 0.1) is 13.2 Å². The van der Waals surface area contributed by atoms with Crippen LogP contribution in [-0.4, -0.2) is 70.7 Å². The van der Waals surface area contributed by atoms with Crippen LogP contribution in [0.25, 0.3) is 0 Å². The molecular weight excluding hydrogens is 513 g/mol. The lowest BCUT2D eigenvalue weighted by molar-refractivity contribution is 0.268. The maximum Gasteiger partial charge on any atom is 0.161 e. The Morgan fingerprint density at radius 1 is 0.656 bits per heavy atom. The number of thiol groups is 2. The summed E-state index contributed by atoms with van der Waals surface area (Å²) in [7, 11) is 0. The molecular formula is C24H42O2S6.